The number of aromatic carboxylic acids is 1. The van der Waals surface area contributed by atoms with Crippen LogP contribution in [0.2, 0.25) is 0 Å². The van der Waals surface area contributed by atoms with Crippen molar-refractivity contribution >= 4 is 11.9 Å². The predicted molar refractivity (Wildman–Crippen MR) is 80.4 cm³/mol. The highest BCUT2D eigenvalue weighted by molar-refractivity contribution is 5.95. The summed E-state index contributed by atoms with van der Waals surface area (Å²) in [5.41, 5.74) is 0.108. The minimum atomic E-state index is -1.11. The maximum atomic E-state index is 12.3. The average molecular weight is 320 g/mol. The molecule has 2 fully saturated rings. The van der Waals surface area contributed by atoms with Crippen LogP contribution in [0.15, 0.2) is 18.3 Å². The van der Waals surface area contributed by atoms with E-state index in [-0.39, 0.29) is 23.2 Å². The van der Waals surface area contributed by atoms with Crippen LogP contribution >= 0.6 is 0 Å². The molecule has 1 aromatic rings. The van der Waals surface area contributed by atoms with Crippen molar-refractivity contribution in [2.75, 3.05) is 19.8 Å². The number of hydrogen-bond donors (Lipinski definition) is 2. The molecule has 1 amide bonds. The van der Waals surface area contributed by atoms with Crippen LogP contribution in [-0.2, 0) is 9.47 Å². The first-order chi connectivity index (χ1) is 11.1. The Bertz CT molecular complexity index is 575. The third kappa shape index (κ3) is 3.68. The highest BCUT2D eigenvalue weighted by Gasteiger charge is 2.39. The lowest BCUT2D eigenvalue weighted by molar-refractivity contribution is -0.139. The molecule has 2 saturated heterocycles. The largest absolute Gasteiger partial charge is 0.477 e. The van der Waals surface area contributed by atoms with Crippen molar-refractivity contribution < 1.29 is 24.2 Å². The fourth-order valence-corrected chi connectivity index (χ4v) is 3.17. The number of rotatable bonds is 3. The summed E-state index contributed by atoms with van der Waals surface area (Å²) in [6, 6.07) is 2.87. The molecule has 7 heteroatoms. The van der Waals surface area contributed by atoms with Crippen molar-refractivity contribution in [3.8, 4) is 0 Å². The molecule has 0 aromatic carbocycles. The molecule has 2 aliphatic heterocycles. The zero-order valence-electron chi connectivity index (χ0n) is 12.8. The molecule has 0 aliphatic carbocycles. The highest BCUT2D eigenvalue weighted by atomic mass is 16.5. The van der Waals surface area contributed by atoms with E-state index in [4.69, 9.17) is 14.6 Å². The van der Waals surface area contributed by atoms with Gasteiger partial charge in [-0.25, -0.2) is 9.78 Å². The summed E-state index contributed by atoms with van der Waals surface area (Å²) in [7, 11) is 0. The van der Waals surface area contributed by atoms with Crippen molar-refractivity contribution in [2.45, 2.75) is 37.3 Å². The summed E-state index contributed by atoms with van der Waals surface area (Å²) in [5.74, 6) is -1.34. The van der Waals surface area contributed by atoms with Crippen LogP contribution in [-0.4, -0.2) is 53.4 Å². The monoisotopic (exact) mass is 320 g/mol. The second-order valence-corrected chi connectivity index (χ2v) is 6.04. The van der Waals surface area contributed by atoms with Crippen LogP contribution in [0.4, 0.5) is 0 Å². The van der Waals surface area contributed by atoms with Gasteiger partial charge < -0.3 is 19.9 Å². The third-order valence-corrected chi connectivity index (χ3v) is 4.48. The number of nitrogens with zero attached hydrogens (tertiary/aromatic N) is 1. The first kappa shape index (κ1) is 15.9. The smallest absolute Gasteiger partial charge is 0.354 e. The second kappa shape index (κ2) is 6.64. The van der Waals surface area contributed by atoms with Crippen molar-refractivity contribution in [3.63, 3.8) is 0 Å². The first-order valence-electron chi connectivity index (χ1n) is 7.80. The number of aromatic nitrogens is 1. The fraction of sp³-hybridized carbons (Fsp3) is 0.562. The Kier molecular flexibility index (Phi) is 4.58. The van der Waals surface area contributed by atoms with Crippen LogP contribution in [0.3, 0.4) is 0 Å². The number of ether oxygens (including phenoxy) is 2. The molecule has 23 heavy (non-hydrogen) atoms. The van der Waals surface area contributed by atoms with Crippen LogP contribution < -0.4 is 5.32 Å². The number of carboxylic acid groups (broad SMARTS) is 1. The summed E-state index contributed by atoms with van der Waals surface area (Å²) in [6.07, 6.45) is 4.56. The molecule has 3 heterocycles. The minimum Gasteiger partial charge on any atom is -0.477 e. The molecule has 1 atom stereocenters. The van der Waals surface area contributed by atoms with E-state index in [2.05, 4.69) is 10.3 Å². The van der Waals surface area contributed by atoms with E-state index in [1.165, 1.54) is 18.3 Å². The summed E-state index contributed by atoms with van der Waals surface area (Å²) in [5, 5.41) is 11.8. The molecule has 3 rings (SSSR count). The summed E-state index contributed by atoms with van der Waals surface area (Å²) >= 11 is 0. The molecule has 0 radical (unpaired) electrons. The van der Waals surface area contributed by atoms with E-state index in [1.807, 2.05) is 0 Å². The number of carbonyl (C=O) groups excluding carboxylic acids is 1. The van der Waals surface area contributed by atoms with E-state index < -0.39 is 5.97 Å². The minimum absolute atomic E-state index is 0.0495. The predicted octanol–water partition coefficient (Wildman–Crippen LogP) is 1.24. The molecule has 1 aromatic heterocycles. The zero-order chi connectivity index (χ0) is 16.3. The Balaban J connectivity index is 1.61. The van der Waals surface area contributed by atoms with E-state index in [9.17, 15) is 9.59 Å². The summed E-state index contributed by atoms with van der Waals surface area (Å²) in [6.45, 7) is 2.02. The van der Waals surface area contributed by atoms with E-state index in [0.717, 1.165) is 25.7 Å². The molecule has 0 saturated carbocycles. The van der Waals surface area contributed by atoms with Gasteiger partial charge in [0.1, 0.15) is 5.69 Å². The standard InChI is InChI=1S/C16H20N2O5/c19-14(11-1-2-13(15(20)21)17-10-11)18-12-3-6-23-16(9-12)4-7-22-8-5-16/h1-2,10,12H,3-9H2,(H,18,19)(H,20,21). The number of hydrogen-bond acceptors (Lipinski definition) is 5. The van der Waals surface area contributed by atoms with Gasteiger partial charge in [-0.1, -0.05) is 0 Å². The van der Waals surface area contributed by atoms with Gasteiger partial charge in [0.05, 0.1) is 11.2 Å². The van der Waals surface area contributed by atoms with Crippen molar-refractivity contribution in [3.05, 3.63) is 29.6 Å². The van der Waals surface area contributed by atoms with Crippen molar-refractivity contribution in [2.24, 2.45) is 0 Å². The number of carboxylic acids is 1. The topological polar surface area (TPSA) is 97.8 Å². The number of nitrogens with one attached hydrogen (secondary N) is 1. The van der Waals surface area contributed by atoms with Crippen LogP contribution in [0.25, 0.3) is 0 Å². The van der Waals surface area contributed by atoms with Crippen LogP contribution in [0, 0.1) is 0 Å². The van der Waals surface area contributed by atoms with Crippen LogP contribution in [0.5, 0.6) is 0 Å². The van der Waals surface area contributed by atoms with Gasteiger partial charge in [-0.05, 0) is 37.8 Å². The van der Waals surface area contributed by atoms with Gasteiger partial charge in [-0.15, -0.1) is 0 Å². The average Bonchev–Trinajstić information content (AvgIpc) is 2.55. The Morgan fingerprint density at radius 3 is 2.70 bits per heavy atom. The molecule has 124 valence electrons. The molecular weight excluding hydrogens is 300 g/mol. The van der Waals surface area contributed by atoms with Gasteiger partial charge in [-0.3, -0.25) is 4.79 Å². The van der Waals surface area contributed by atoms with Gasteiger partial charge in [0.25, 0.3) is 5.91 Å². The van der Waals surface area contributed by atoms with Gasteiger partial charge in [0.2, 0.25) is 0 Å². The van der Waals surface area contributed by atoms with Gasteiger partial charge >= 0.3 is 5.97 Å². The summed E-state index contributed by atoms with van der Waals surface area (Å²) in [4.78, 5) is 26.9. The molecular formula is C16H20N2O5. The SMILES string of the molecule is O=C(NC1CCOC2(CCOCC2)C1)c1ccc(C(=O)O)nc1. The Hall–Kier alpha value is -1.99. The lowest BCUT2D eigenvalue weighted by Crippen LogP contribution is -2.51. The summed E-state index contributed by atoms with van der Waals surface area (Å²) < 4.78 is 11.3. The van der Waals surface area contributed by atoms with E-state index >= 15 is 0 Å². The first-order valence-corrected chi connectivity index (χ1v) is 7.80. The van der Waals surface area contributed by atoms with Gasteiger partial charge in [0, 0.05) is 32.1 Å². The van der Waals surface area contributed by atoms with E-state index in [0.29, 0.717) is 25.4 Å². The molecule has 1 unspecified atom stereocenters. The Labute approximate surface area is 134 Å². The molecule has 2 aliphatic rings. The number of amides is 1. The van der Waals surface area contributed by atoms with Gasteiger partial charge in [0.15, 0.2) is 0 Å². The normalized spacial score (nSPS) is 23.4. The molecule has 2 N–H and O–H groups in total. The number of pyridine rings is 1. The third-order valence-electron chi connectivity index (χ3n) is 4.48. The fourth-order valence-electron chi connectivity index (χ4n) is 3.17. The van der Waals surface area contributed by atoms with Crippen molar-refractivity contribution in [1.82, 2.24) is 10.3 Å². The van der Waals surface area contributed by atoms with Crippen LogP contribution in [0.1, 0.15) is 46.5 Å². The molecule has 1 spiro atoms. The number of carbonyl (C=O) groups is 2. The molecule has 0 bridgehead atoms. The van der Waals surface area contributed by atoms with Crippen molar-refractivity contribution in [1.29, 1.82) is 0 Å². The maximum absolute atomic E-state index is 12.3. The van der Waals surface area contributed by atoms with Gasteiger partial charge in [-0.2, -0.15) is 0 Å². The van der Waals surface area contributed by atoms with E-state index in [1.54, 1.807) is 0 Å². The maximum Gasteiger partial charge on any atom is 0.354 e. The zero-order valence-corrected chi connectivity index (χ0v) is 12.8. The highest BCUT2D eigenvalue weighted by Crippen LogP contribution is 2.34. The Morgan fingerprint density at radius 1 is 1.26 bits per heavy atom. The lowest BCUT2D eigenvalue weighted by atomic mass is 9.84. The molecule has 7 nitrogen and oxygen atoms in total. The Morgan fingerprint density at radius 2 is 2.04 bits per heavy atom. The lowest BCUT2D eigenvalue weighted by Gasteiger charge is -2.43. The second-order valence-electron chi connectivity index (χ2n) is 6.04. The quantitative estimate of drug-likeness (QED) is 0.869.